The summed E-state index contributed by atoms with van der Waals surface area (Å²) in [5.74, 6) is -1.31. The molecule has 4 rings (SSSR count). The van der Waals surface area contributed by atoms with Gasteiger partial charge in [0.1, 0.15) is 11.5 Å². The molecule has 0 radical (unpaired) electrons. The number of rotatable bonds is 7. The molecule has 170 valence electrons. The second kappa shape index (κ2) is 9.68. The molecule has 0 saturated carbocycles. The van der Waals surface area contributed by atoms with E-state index in [1.54, 1.807) is 48.9 Å². The molecule has 1 aliphatic heterocycles. The topological polar surface area (TPSA) is 84.7 Å². The van der Waals surface area contributed by atoms with Crippen LogP contribution >= 0.6 is 23.2 Å². The van der Waals surface area contributed by atoms with Gasteiger partial charge in [0.05, 0.1) is 30.1 Å². The average Bonchev–Trinajstić information content (AvgIpc) is 3.41. The molecule has 1 aromatic heterocycles. The molecule has 1 fully saturated rings. The van der Waals surface area contributed by atoms with Gasteiger partial charge in [-0.25, -0.2) is 4.98 Å². The molecule has 0 spiro atoms. The van der Waals surface area contributed by atoms with E-state index in [2.05, 4.69) is 4.98 Å². The predicted octanol–water partition coefficient (Wildman–Crippen LogP) is 4.71. The number of aliphatic hydroxyl groups excluding tert-OH is 1. The summed E-state index contributed by atoms with van der Waals surface area (Å²) in [5, 5.41) is 11.9. The lowest BCUT2D eigenvalue weighted by atomic mass is 9.95. The van der Waals surface area contributed by atoms with Crippen molar-refractivity contribution in [1.82, 2.24) is 14.5 Å². The zero-order valence-electron chi connectivity index (χ0n) is 17.7. The van der Waals surface area contributed by atoms with Crippen LogP contribution in [0, 0.1) is 0 Å². The molecular weight excluding hydrogens is 465 g/mol. The number of Topliss-reactive ketones (excluding diaryl/α,β-unsaturated/α-hetero) is 1. The molecule has 1 atom stereocenters. The number of hydrogen-bond acceptors (Lipinski definition) is 5. The highest BCUT2D eigenvalue weighted by atomic mass is 35.5. The number of ether oxygens (including phenoxy) is 1. The second-order valence-corrected chi connectivity index (χ2v) is 8.39. The maximum atomic E-state index is 13.1. The number of hydrogen-bond donors (Lipinski definition) is 1. The Kier molecular flexibility index (Phi) is 6.72. The number of imidazole rings is 1. The molecule has 2 aromatic carbocycles. The van der Waals surface area contributed by atoms with Crippen LogP contribution in [0.15, 0.2) is 66.8 Å². The van der Waals surface area contributed by atoms with Crippen molar-refractivity contribution in [2.75, 3.05) is 13.7 Å². The van der Waals surface area contributed by atoms with Crippen LogP contribution in [-0.2, 0) is 16.1 Å². The van der Waals surface area contributed by atoms with Crippen LogP contribution in [0.2, 0.25) is 10.0 Å². The zero-order chi connectivity index (χ0) is 23.5. The number of nitrogens with zero attached hydrogens (tertiary/aromatic N) is 3. The Bertz CT molecular complexity index is 1220. The van der Waals surface area contributed by atoms with E-state index in [0.29, 0.717) is 41.4 Å². The van der Waals surface area contributed by atoms with Gasteiger partial charge in [-0.05, 0) is 42.3 Å². The number of ketones is 1. The normalized spacial score (nSPS) is 17.5. The van der Waals surface area contributed by atoms with Crippen molar-refractivity contribution in [2.24, 2.45) is 0 Å². The third kappa shape index (κ3) is 4.60. The lowest BCUT2D eigenvalue weighted by molar-refractivity contribution is -0.139. The quantitative estimate of drug-likeness (QED) is 0.297. The van der Waals surface area contributed by atoms with Gasteiger partial charge in [-0.1, -0.05) is 35.3 Å². The van der Waals surface area contributed by atoms with Crippen molar-refractivity contribution in [3.8, 4) is 5.75 Å². The molecule has 3 aromatic rings. The van der Waals surface area contributed by atoms with Gasteiger partial charge in [0, 0.05) is 36.1 Å². The van der Waals surface area contributed by atoms with Crippen molar-refractivity contribution in [3.05, 3.63) is 87.9 Å². The number of carbonyl (C=O) groups is 2. The van der Waals surface area contributed by atoms with E-state index in [1.807, 2.05) is 10.8 Å². The number of methoxy groups -OCH3 is 1. The number of aryl methyl sites for hydroxylation is 1. The highest BCUT2D eigenvalue weighted by Gasteiger charge is 2.45. The molecule has 0 aliphatic carbocycles. The lowest BCUT2D eigenvalue weighted by Gasteiger charge is -2.25. The number of amides is 1. The van der Waals surface area contributed by atoms with Crippen molar-refractivity contribution in [1.29, 1.82) is 0 Å². The Morgan fingerprint density at radius 3 is 2.64 bits per heavy atom. The number of aliphatic hydroxyl groups is 1. The van der Waals surface area contributed by atoms with Gasteiger partial charge in [0.15, 0.2) is 0 Å². The Hall–Kier alpha value is -3.29. The fraction of sp³-hybridized carbons (Fsp3) is 0.208. The minimum absolute atomic E-state index is 0.00821. The first-order chi connectivity index (χ1) is 15.9. The fourth-order valence-corrected chi connectivity index (χ4v) is 4.40. The molecule has 1 aliphatic rings. The predicted molar refractivity (Wildman–Crippen MR) is 125 cm³/mol. The maximum Gasteiger partial charge on any atom is 0.295 e. The van der Waals surface area contributed by atoms with E-state index in [9.17, 15) is 14.7 Å². The summed E-state index contributed by atoms with van der Waals surface area (Å²) in [4.78, 5) is 31.6. The van der Waals surface area contributed by atoms with Crippen molar-refractivity contribution < 1.29 is 19.4 Å². The van der Waals surface area contributed by atoms with E-state index in [1.165, 1.54) is 18.1 Å². The Labute approximate surface area is 200 Å². The monoisotopic (exact) mass is 485 g/mol. The molecule has 0 bridgehead atoms. The minimum Gasteiger partial charge on any atom is -0.507 e. The molecule has 1 N–H and O–H groups in total. The van der Waals surface area contributed by atoms with Gasteiger partial charge in [0.25, 0.3) is 11.7 Å². The van der Waals surface area contributed by atoms with E-state index in [0.717, 1.165) is 0 Å². The number of benzene rings is 2. The SMILES string of the molecule is COc1ccc(C(O)=C2C(=O)C(=O)N(CCCn3ccnc3)[C@H]2c2cccc(Cl)c2)cc1Cl. The molecular formula is C24H21Cl2N3O4. The number of halogens is 2. The highest BCUT2D eigenvalue weighted by molar-refractivity contribution is 6.46. The van der Waals surface area contributed by atoms with E-state index >= 15 is 0 Å². The van der Waals surface area contributed by atoms with Crippen LogP contribution in [0.5, 0.6) is 5.75 Å². The van der Waals surface area contributed by atoms with Gasteiger partial charge in [0.2, 0.25) is 0 Å². The Morgan fingerprint density at radius 1 is 1.15 bits per heavy atom. The van der Waals surface area contributed by atoms with Crippen molar-refractivity contribution in [3.63, 3.8) is 0 Å². The van der Waals surface area contributed by atoms with Gasteiger partial charge < -0.3 is 19.3 Å². The zero-order valence-corrected chi connectivity index (χ0v) is 19.3. The standard InChI is InChI=1S/C24H21Cl2N3O4/c1-33-19-7-6-16(13-18(19)26)22(30)20-21(15-4-2-5-17(25)12-15)29(24(32)23(20)31)10-3-9-28-11-8-27-14-28/h2,4-8,11-14,21,30H,3,9-10H2,1H3/t21-/m0/s1. The highest BCUT2D eigenvalue weighted by Crippen LogP contribution is 2.40. The van der Waals surface area contributed by atoms with Crippen molar-refractivity contribution >= 4 is 40.7 Å². The van der Waals surface area contributed by atoms with Crippen LogP contribution in [0.4, 0.5) is 0 Å². The first-order valence-electron chi connectivity index (χ1n) is 10.2. The molecule has 33 heavy (non-hydrogen) atoms. The van der Waals surface area contributed by atoms with Gasteiger partial charge in [-0.2, -0.15) is 0 Å². The molecule has 9 heteroatoms. The van der Waals surface area contributed by atoms with Crippen LogP contribution in [0.3, 0.4) is 0 Å². The van der Waals surface area contributed by atoms with Gasteiger partial charge in [-0.3, -0.25) is 9.59 Å². The number of likely N-dealkylation sites (tertiary alicyclic amines) is 1. The fourth-order valence-electron chi connectivity index (χ4n) is 3.95. The van der Waals surface area contributed by atoms with Gasteiger partial charge in [-0.15, -0.1) is 0 Å². The lowest BCUT2D eigenvalue weighted by Crippen LogP contribution is -2.31. The smallest absolute Gasteiger partial charge is 0.295 e. The summed E-state index contributed by atoms with van der Waals surface area (Å²) in [7, 11) is 1.48. The molecule has 7 nitrogen and oxygen atoms in total. The van der Waals surface area contributed by atoms with E-state index < -0.39 is 17.7 Å². The summed E-state index contributed by atoms with van der Waals surface area (Å²) in [6.45, 7) is 0.930. The number of carbonyl (C=O) groups excluding carboxylic acids is 2. The molecule has 1 amide bonds. The Balaban J connectivity index is 1.75. The summed E-state index contributed by atoms with van der Waals surface area (Å²) >= 11 is 12.4. The van der Waals surface area contributed by atoms with Crippen LogP contribution in [0.25, 0.3) is 5.76 Å². The van der Waals surface area contributed by atoms with Gasteiger partial charge >= 0.3 is 0 Å². The van der Waals surface area contributed by atoms with Crippen molar-refractivity contribution in [2.45, 2.75) is 19.0 Å². The molecule has 1 saturated heterocycles. The first kappa shape index (κ1) is 22.9. The summed E-state index contributed by atoms with van der Waals surface area (Å²) < 4.78 is 7.05. The second-order valence-electron chi connectivity index (χ2n) is 7.55. The third-order valence-electron chi connectivity index (χ3n) is 5.50. The summed E-state index contributed by atoms with van der Waals surface area (Å²) in [6.07, 6.45) is 5.79. The Morgan fingerprint density at radius 2 is 1.97 bits per heavy atom. The summed E-state index contributed by atoms with van der Waals surface area (Å²) in [5.41, 5.74) is 0.931. The maximum absolute atomic E-state index is 13.1. The first-order valence-corrected chi connectivity index (χ1v) is 11.0. The number of aromatic nitrogens is 2. The minimum atomic E-state index is -0.785. The van der Waals surface area contributed by atoms with E-state index in [4.69, 9.17) is 27.9 Å². The van der Waals surface area contributed by atoms with Crippen LogP contribution in [0.1, 0.15) is 23.6 Å². The van der Waals surface area contributed by atoms with E-state index in [-0.39, 0.29) is 16.4 Å². The van der Waals surface area contributed by atoms with Crippen LogP contribution in [-0.4, -0.2) is 44.9 Å². The molecule has 2 heterocycles. The van der Waals surface area contributed by atoms with Crippen LogP contribution < -0.4 is 4.74 Å². The largest absolute Gasteiger partial charge is 0.507 e. The average molecular weight is 486 g/mol. The molecule has 0 unspecified atom stereocenters. The summed E-state index contributed by atoms with van der Waals surface area (Å²) in [6, 6.07) is 10.8. The third-order valence-corrected chi connectivity index (χ3v) is 6.03.